The van der Waals surface area contributed by atoms with Gasteiger partial charge in [0, 0.05) is 17.5 Å². The lowest BCUT2D eigenvalue weighted by molar-refractivity contribution is -0.122. The molecule has 1 aromatic rings. The molecule has 0 unspecified atom stereocenters. The zero-order valence-corrected chi connectivity index (χ0v) is 12.9. The van der Waals surface area contributed by atoms with E-state index in [0.29, 0.717) is 18.4 Å². The van der Waals surface area contributed by atoms with E-state index < -0.39 is 0 Å². The van der Waals surface area contributed by atoms with Crippen molar-refractivity contribution in [2.24, 2.45) is 11.7 Å². The number of primary amides is 1. The molecule has 0 saturated heterocycles. The van der Waals surface area contributed by atoms with Crippen LogP contribution in [0.25, 0.3) is 0 Å². The summed E-state index contributed by atoms with van der Waals surface area (Å²) in [5.41, 5.74) is 11.6. The average molecular weight is 330 g/mol. The number of hydrogen-bond acceptors (Lipinski definition) is 3. The summed E-state index contributed by atoms with van der Waals surface area (Å²) < 4.78 is 0. The summed E-state index contributed by atoms with van der Waals surface area (Å²) >= 11 is 11.8. The molecule has 0 aromatic heterocycles. The van der Waals surface area contributed by atoms with E-state index in [0.717, 1.165) is 12.8 Å². The van der Waals surface area contributed by atoms with Crippen LogP contribution in [0, 0.1) is 5.92 Å². The van der Waals surface area contributed by atoms with E-state index in [1.807, 2.05) is 0 Å². The Kier molecular flexibility index (Phi) is 4.96. The van der Waals surface area contributed by atoms with Gasteiger partial charge in [0.1, 0.15) is 0 Å². The Morgan fingerprint density at radius 2 is 1.62 bits per heavy atom. The van der Waals surface area contributed by atoms with E-state index in [1.54, 1.807) is 0 Å². The highest BCUT2D eigenvalue weighted by molar-refractivity contribution is 6.39. The average Bonchev–Trinajstić information content (AvgIpc) is 2.44. The fourth-order valence-electron chi connectivity index (χ4n) is 2.51. The molecule has 114 valence electrons. The van der Waals surface area contributed by atoms with Crippen molar-refractivity contribution >= 4 is 40.7 Å². The van der Waals surface area contributed by atoms with Crippen molar-refractivity contribution in [3.05, 3.63) is 27.7 Å². The minimum Gasteiger partial charge on any atom is -0.396 e. The summed E-state index contributed by atoms with van der Waals surface area (Å²) in [4.78, 5) is 23.3. The molecule has 0 atom stereocenters. The van der Waals surface area contributed by atoms with Gasteiger partial charge in [-0.15, -0.1) is 0 Å². The Hall–Kier alpha value is -1.46. The third-order valence-corrected chi connectivity index (χ3v) is 4.43. The highest BCUT2D eigenvalue weighted by Gasteiger charge is 2.26. The van der Waals surface area contributed by atoms with E-state index in [9.17, 15) is 9.59 Å². The van der Waals surface area contributed by atoms with Crippen LogP contribution in [0.2, 0.25) is 10.0 Å². The minimum atomic E-state index is -0.267. The van der Waals surface area contributed by atoms with Gasteiger partial charge in [-0.3, -0.25) is 9.59 Å². The summed E-state index contributed by atoms with van der Waals surface area (Å²) in [5.74, 6) is -0.600. The number of rotatable bonds is 3. The van der Waals surface area contributed by atoms with Gasteiger partial charge in [-0.25, -0.2) is 0 Å². The molecule has 1 fully saturated rings. The Balaban J connectivity index is 1.98. The van der Waals surface area contributed by atoms with Crippen LogP contribution in [0.3, 0.4) is 0 Å². The topological polar surface area (TPSA) is 98.2 Å². The van der Waals surface area contributed by atoms with Crippen molar-refractivity contribution in [1.29, 1.82) is 0 Å². The van der Waals surface area contributed by atoms with Gasteiger partial charge in [0.2, 0.25) is 5.91 Å². The number of hydrogen-bond donors (Lipinski definition) is 3. The van der Waals surface area contributed by atoms with Gasteiger partial charge in [-0.05, 0) is 37.8 Å². The van der Waals surface area contributed by atoms with E-state index in [-0.39, 0.29) is 39.5 Å². The normalized spacial score (nSPS) is 21.8. The molecule has 21 heavy (non-hydrogen) atoms. The Morgan fingerprint density at radius 3 is 2.10 bits per heavy atom. The number of nitrogens with one attached hydrogen (secondary N) is 1. The maximum atomic E-state index is 12.2. The van der Waals surface area contributed by atoms with Crippen LogP contribution in [-0.2, 0) is 4.79 Å². The third-order valence-electron chi connectivity index (χ3n) is 3.81. The molecule has 1 aliphatic rings. The van der Waals surface area contributed by atoms with Crippen LogP contribution in [0.15, 0.2) is 12.1 Å². The molecule has 2 rings (SSSR count). The molecular weight excluding hydrogens is 313 g/mol. The van der Waals surface area contributed by atoms with Crippen LogP contribution >= 0.6 is 23.2 Å². The molecule has 0 heterocycles. The van der Waals surface area contributed by atoms with Crippen molar-refractivity contribution < 1.29 is 9.59 Å². The Bertz CT molecular complexity index is 546. The van der Waals surface area contributed by atoms with Gasteiger partial charge in [-0.2, -0.15) is 0 Å². The molecular formula is C14H17Cl2N3O2. The molecule has 1 aromatic carbocycles. The summed E-state index contributed by atoms with van der Waals surface area (Å²) in [6, 6.07) is 3.02. The number of halogens is 2. The number of amides is 2. The number of anilines is 1. The van der Waals surface area contributed by atoms with E-state index >= 15 is 0 Å². The predicted molar refractivity (Wildman–Crippen MR) is 83.3 cm³/mol. The number of nitrogens with two attached hydrogens (primary N) is 2. The summed E-state index contributed by atoms with van der Waals surface area (Å²) in [6.45, 7) is 0. The van der Waals surface area contributed by atoms with Gasteiger partial charge in [-0.1, -0.05) is 23.2 Å². The summed E-state index contributed by atoms with van der Waals surface area (Å²) in [6.07, 6.45) is 2.86. The number of nitrogen functional groups attached to an aromatic ring is 1. The van der Waals surface area contributed by atoms with Gasteiger partial charge in [0.05, 0.1) is 15.7 Å². The first-order valence-electron chi connectivity index (χ1n) is 6.73. The van der Waals surface area contributed by atoms with Gasteiger partial charge in [0.15, 0.2) is 0 Å². The molecule has 0 aliphatic heterocycles. The monoisotopic (exact) mass is 329 g/mol. The summed E-state index contributed by atoms with van der Waals surface area (Å²) in [7, 11) is 0. The van der Waals surface area contributed by atoms with Crippen LogP contribution in [-0.4, -0.2) is 17.9 Å². The minimum absolute atomic E-state index is 0.0307. The third kappa shape index (κ3) is 3.80. The molecule has 5 N–H and O–H groups in total. The first kappa shape index (κ1) is 15.9. The van der Waals surface area contributed by atoms with Crippen molar-refractivity contribution in [2.45, 2.75) is 31.7 Å². The number of carbonyl (C=O) groups is 2. The SMILES string of the molecule is NC(=O)C1CCC(NC(=O)c2cc(Cl)c(N)c(Cl)c2)CC1. The highest BCUT2D eigenvalue weighted by atomic mass is 35.5. The van der Waals surface area contributed by atoms with Crippen LogP contribution in [0.5, 0.6) is 0 Å². The van der Waals surface area contributed by atoms with Gasteiger partial charge < -0.3 is 16.8 Å². The molecule has 0 radical (unpaired) electrons. The molecule has 1 saturated carbocycles. The van der Waals surface area contributed by atoms with E-state index in [1.165, 1.54) is 12.1 Å². The van der Waals surface area contributed by atoms with Gasteiger partial charge in [0.25, 0.3) is 5.91 Å². The molecule has 2 amide bonds. The fraction of sp³-hybridized carbons (Fsp3) is 0.429. The maximum absolute atomic E-state index is 12.2. The van der Waals surface area contributed by atoms with E-state index in [4.69, 9.17) is 34.7 Å². The van der Waals surface area contributed by atoms with Crippen LogP contribution < -0.4 is 16.8 Å². The summed E-state index contributed by atoms with van der Waals surface area (Å²) in [5, 5.41) is 3.43. The molecule has 7 heteroatoms. The zero-order valence-electron chi connectivity index (χ0n) is 11.4. The van der Waals surface area contributed by atoms with E-state index in [2.05, 4.69) is 5.32 Å². The molecule has 0 spiro atoms. The van der Waals surface area contributed by atoms with Crippen molar-refractivity contribution in [3.8, 4) is 0 Å². The second-order valence-corrected chi connectivity index (χ2v) is 6.09. The fourth-order valence-corrected chi connectivity index (χ4v) is 2.99. The maximum Gasteiger partial charge on any atom is 0.251 e. The van der Waals surface area contributed by atoms with Crippen LogP contribution in [0.1, 0.15) is 36.0 Å². The second kappa shape index (κ2) is 6.54. The second-order valence-electron chi connectivity index (χ2n) is 5.28. The first-order chi connectivity index (χ1) is 9.88. The quantitative estimate of drug-likeness (QED) is 0.742. The number of benzene rings is 1. The number of carbonyl (C=O) groups excluding carboxylic acids is 2. The Labute approximate surface area is 133 Å². The predicted octanol–water partition coefficient (Wildman–Crippen LogP) is 2.35. The lowest BCUT2D eigenvalue weighted by Crippen LogP contribution is -2.39. The Morgan fingerprint density at radius 1 is 1.10 bits per heavy atom. The highest BCUT2D eigenvalue weighted by Crippen LogP contribution is 2.29. The van der Waals surface area contributed by atoms with Crippen molar-refractivity contribution in [1.82, 2.24) is 5.32 Å². The lowest BCUT2D eigenvalue weighted by atomic mass is 9.85. The molecule has 0 bridgehead atoms. The molecule has 5 nitrogen and oxygen atoms in total. The van der Waals surface area contributed by atoms with Gasteiger partial charge >= 0.3 is 0 Å². The first-order valence-corrected chi connectivity index (χ1v) is 7.48. The van der Waals surface area contributed by atoms with Crippen molar-refractivity contribution in [2.75, 3.05) is 5.73 Å². The van der Waals surface area contributed by atoms with Crippen molar-refractivity contribution in [3.63, 3.8) is 0 Å². The largest absolute Gasteiger partial charge is 0.396 e. The van der Waals surface area contributed by atoms with Crippen LogP contribution in [0.4, 0.5) is 5.69 Å². The molecule has 1 aliphatic carbocycles. The smallest absolute Gasteiger partial charge is 0.251 e. The standard InChI is InChI=1S/C14H17Cl2N3O2/c15-10-5-8(6-11(16)12(10)17)14(21)19-9-3-1-7(2-4-9)13(18)20/h5-7,9H,1-4,17H2,(H2,18,20)(H,19,21). The lowest BCUT2D eigenvalue weighted by Gasteiger charge is -2.27. The zero-order chi connectivity index (χ0) is 15.6.